The van der Waals surface area contributed by atoms with Gasteiger partial charge in [-0.2, -0.15) is 0 Å². The summed E-state index contributed by atoms with van der Waals surface area (Å²) < 4.78 is 16.4. The van der Waals surface area contributed by atoms with Gasteiger partial charge in [-0.15, -0.1) is 0 Å². The molecule has 0 radical (unpaired) electrons. The molecule has 0 aliphatic carbocycles. The molecule has 1 aliphatic heterocycles. The van der Waals surface area contributed by atoms with Crippen LogP contribution in [0.1, 0.15) is 35.0 Å². The summed E-state index contributed by atoms with van der Waals surface area (Å²) in [6, 6.07) is 14.5. The Morgan fingerprint density at radius 1 is 1.06 bits per heavy atom. The van der Waals surface area contributed by atoms with Gasteiger partial charge in [-0.1, -0.05) is 18.2 Å². The number of nitrogens with zero attached hydrogens (tertiary/aromatic N) is 2. The Morgan fingerprint density at radius 2 is 1.79 bits per heavy atom. The first-order chi connectivity index (χ1) is 16.1. The molecule has 0 bridgehead atoms. The molecule has 172 valence electrons. The summed E-state index contributed by atoms with van der Waals surface area (Å²) in [4.78, 5) is 31.1. The van der Waals surface area contributed by atoms with Gasteiger partial charge < -0.3 is 24.1 Å². The van der Waals surface area contributed by atoms with Crippen LogP contribution in [0.4, 0.5) is 0 Å². The minimum atomic E-state index is -0.249. The summed E-state index contributed by atoms with van der Waals surface area (Å²) >= 11 is 0. The third-order valence-electron chi connectivity index (χ3n) is 5.83. The van der Waals surface area contributed by atoms with Crippen LogP contribution in [0.5, 0.6) is 11.5 Å². The number of likely N-dealkylation sites (tertiary alicyclic amines) is 1. The number of hydrogen-bond donors (Lipinski definition) is 1. The van der Waals surface area contributed by atoms with Gasteiger partial charge in [0.2, 0.25) is 5.91 Å². The van der Waals surface area contributed by atoms with Gasteiger partial charge in [-0.3, -0.25) is 9.59 Å². The van der Waals surface area contributed by atoms with Crippen molar-refractivity contribution in [3.05, 3.63) is 66.2 Å². The molecule has 1 aliphatic rings. The molecule has 2 heterocycles. The molecule has 0 spiro atoms. The summed E-state index contributed by atoms with van der Waals surface area (Å²) in [7, 11) is 3.19. The second kappa shape index (κ2) is 10.2. The van der Waals surface area contributed by atoms with Crippen molar-refractivity contribution in [1.29, 1.82) is 0 Å². The van der Waals surface area contributed by atoms with Gasteiger partial charge in [0, 0.05) is 30.1 Å². The van der Waals surface area contributed by atoms with Gasteiger partial charge in [0.25, 0.3) is 5.91 Å². The fourth-order valence-corrected chi connectivity index (χ4v) is 3.94. The predicted molar refractivity (Wildman–Crippen MR) is 122 cm³/mol. The number of amides is 2. The first-order valence-electron chi connectivity index (χ1n) is 10.9. The minimum absolute atomic E-state index is 0.0130. The topological polar surface area (TPSA) is 93.9 Å². The Bertz CT molecular complexity index is 1100. The van der Waals surface area contributed by atoms with E-state index in [0.717, 1.165) is 24.1 Å². The van der Waals surface area contributed by atoms with Crippen LogP contribution in [0.15, 0.2) is 59.2 Å². The van der Waals surface area contributed by atoms with Crippen molar-refractivity contribution in [3.8, 4) is 22.8 Å². The monoisotopic (exact) mass is 449 g/mol. The van der Waals surface area contributed by atoms with Crippen molar-refractivity contribution in [2.24, 2.45) is 0 Å². The maximum atomic E-state index is 12.5. The zero-order valence-electron chi connectivity index (χ0n) is 18.7. The van der Waals surface area contributed by atoms with E-state index in [1.807, 2.05) is 24.3 Å². The Kier molecular flexibility index (Phi) is 6.92. The smallest absolute Gasteiger partial charge is 0.251 e. The van der Waals surface area contributed by atoms with Crippen LogP contribution >= 0.6 is 0 Å². The van der Waals surface area contributed by atoms with Crippen molar-refractivity contribution in [3.63, 3.8) is 0 Å². The van der Waals surface area contributed by atoms with Gasteiger partial charge in [0.15, 0.2) is 17.4 Å². The summed E-state index contributed by atoms with van der Waals surface area (Å²) in [5, 5.41) is 2.70. The lowest BCUT2D eigenvalue weighted by atomic mass is 9.96. The highest BCUT2D eigenvalue weighted by molar-refractivity contribution is 5.96. The maximum absolute atomic E-state index is 12.5. The molecule has 2 amide bonds. The molecule has 1 fully saturated rings. The molecule has 8 heteroatoms. The number of ether oxygens (including phenoxy) is 2. The highest BCUT2D eigenvalue weighted by atomic mass is 16.5. The first-order valence-corrected chi connectivity index (χ1v) is 10.9. The van der Waals surface area contributed by atoms with Gasteiger partial charge in [-0.05, 0) is 43.2 Å². The number of nitrogens with one attached hydrogen (secondary N) is 1. The van der Waals surface area contributed by atoms with Crippen molar-refractivity contribution < 1.29 is 23.5 Å². The Balaban J connectivity index is 1.31. The van der Waals surface area contributed by atoms with Crippen LogP contribution < -0.4 is 14.8 Å². The third-order valence-corrected chi connectivity index (χ3v) is 5.83. The average molecular weight is 450 g/mol. The number of piperidine rings is 1. The molecule has 0 unspecified atom stereocenters. The molecule has 3 aromatic rings. The number of oxazole rings is 1. The summed E-state index contributed by atoms with van der Waals surface area (Å²) in [5.74, 6) is 1.76. The Labute approximate surface area is 192 Å². The lowest BCUT2D eigenvalue weighted by Gasteiger charge is -2.30. The highest BCUT2D eigenvalue weighted by Gasteiger charge is 2.27. The van der Waals surface area contributed by atoms with E-state index in [1.165, 1.54) is 0 Å². The van der Waals surface area contributed by atoms with E-state index >= 15 is 0 Å². The molecule has 4 rings (SSSR count). The lowest BCUT2D eigenvalue weighted by Crippen LogP contribution is -2.43. The summed E-state index contributed by atoms with van der Waals surface area (Å²) in [5.41, 5.74) is 2.15. The second-order valence-electron chi connectivity index (χ2n) is 7.84. The molecule has 1 aromatic heterocycles. The lowest BCUT2D eigenvalue weighted by molar-refractivity contribution is -0.131. The van der Waals surface area contributed by atoms with Crippen molar-refractivity contribution in [2.75, 3.05) is 33.9 Å². The van der Waals surface area contributed by atoms with Crippen LogP contribution in [0.25, 0.3) is 11.3 Å². The normalized spacial score (nSPS) is 14.1. The van der Waals surface area contributed by atoms with Gasteiger partial charge in [0.05, 0.1) is 20.8 Å². The van der Waals surface area contributed by atoms with Crippen molar-refractivity contribution >= 4 is 11.8 Å². The van der Waals surface area contributed by atoms with E-state index in [-0.39, 0.29) is 24.3 Å². The van der Waals surface area contributed by atoms with Crippen LogP contribution in [0.3, 0.4) is 0 Å². The Morgan fingerprint density at radius 3 is 2.48 bits per heavy atom. The maximum Gasteiger partial charge on any atom is 0.251 e. The largest absolute Gasteiger partial charge is 0.493 e. The van der Waals surface area contributed by atoms with E-state index in [9.17, 15) is 9.59 Å². The zero-order valence-corrected chi connectivity index (χ0v) is 18.7. The molecule has 8 nitrogen and oxygen atoms in total. The van der Waals surface area contributed by atoms with Crippen molar-refractivity contribution in [1.82, 2.24) is 15.2 Å². The predicted octanol–water partition coefficient (Wildman–Crippen LogP) is 3.49. The Hall–Kier alpha value is -3.81. The number of rotatable bonds is 7. The zero-order chi connectivity index (χ0) is 23.2. The van der Waals surface area contributed by atoms with Gasteiger partial charge >= 0.3 is 0 Å². The standard InChI is InChI=1S/C25H27N3O5/c1-31-21-9-8-19(14-22(21)32-2)20-16-33-25(27-20)18-10-12-28(13-11-18)23(29)15-26-24(30)17-6-4-3-5-7-17/h3-9,14,16,18H,10-13,15H2,1-2H3,(H,26,30). The van der Waals surface area contributed by atoms with E-state index in [0.29, 0.717) is 36.0 Å². The molecular formula is C25H27N3O5. The quantitative estimate of drug-likeness (QED) is 0.593. The number of carbonyl (C=O) groups is 2. The fourth-order valence-electron chi connectivity index (χ4n) is 3.94. The molecule has 1 saturated heterocycles. The van der Waals surface area contributed by atoms with Crippen molar-refractivity contribution in [2.45, 2.75) is 18.8 Å². The number of aromatic nitrogens is 1. The average Bonchev–Trinajstić information content (AvgIpc) is 3.37. The number of benzene rings is 2. The van der Waals surface area contributed by atoms with E-state index in [2.05, 4.69) is 10.3 Å². The molecular weight excluding hydrogens is 422 g/mol. The van der Waals surface area contributed by atoms with Crippen LogP contribution in [0, 0.1) is 0 Å². The fraction of sp³-hybridized carbons (Fsp3) is 0.320. The molecule has 33 heavy (non-hydrogen) atoms. The van der Waals surface area contributed by atoms with E-state index < -0.39 is 0 Å². The van der Waals surface area contributed by atoms with Gasteiger partial charge in [-0.25, -0.2) is 4.98 Å². The number of hydrogen-bond acceptors (Lipinski definition) is 6. The van der Waals surface area contributed by atoms with E-state index in [1.54, 1.807) is 49.6 Å². The molecule has 0 atom stereocenters. The van der Waals surface area contributed by atoms with E-state index in [4.69, 9.17) is 13.9 Å². The van der Waals surface area contributed by atoms with Crippen LogP contribution in [-0.4, -0.2) is 55.6 Å². The number of carbonyl (C=O) groups excluding carboxylic acids is 2. The highest BCUT2D eigenvalue weighted by Crippen LogP contribution is 2.34. The SMILES string of the molecule is COc1ccc(-c2coc(C3CCN(C(=O)CNC(=O)c4ccccc4)CC3)n2)cc1OC. The third kappa shape index (κ3) is 5.16. The van der Waals surface area contributed by atoms with Crippen LogP contribution in [0.2, 0.25) is 0 Å². The molecule has 0 saturated carbocycles. The summed E-state index contributed by atoms with van der Waals surface area (Å²) in [6.45, 7) is 1.18. The molecule has 2 aromatic carbocycles. The van der Waals surface area contributed by atoms with Crippen LogP contribution in [-0.2, 0) is 4.79 Å². The summed E-state index contributed by atoms with van der Waals surface area (Å²) in [6.07, 6.45) is 3.15. The first kappa shape index (κ1) is 22.4. The van der Waals surface area contributed by atoms with Gasteiger partial charge in [0.1, 0.15) is 12.0 Å². The number of methoxy groups -OCH3 is 2. The second-order valence-corrected chi connectivity index (χ2v) is 7.84. The molecule has 1 N–H and O–H groups in total. The minimum Gasteiger partial charge on any atom is -0.493 e.